The first-order valence-electron chi connectivity index (χ1n) is 5.32. The number of fused-ring (bicyclic) bond motifs is 1. The normalized spacial score (nSPS) is 12.5. The lowest BCUT2D eigenvalue weighted by atomic mass is 10.3. The van der Waals surface area contributed by atoms with Gasteiger partial charge in [0.1, 0.15) is 11.6 Å². The Morgan fingerprint density at radius 2 is 2.19 bits per heavy atom. The summed E-state index contributed by atoms with van der Waals surface area (Å²) >= 11 is 0. The summed E-state index contributed by atoms with van der Waals surface area (Å²) in [6, 6.07) is 1.83. The molecule has 86 valence electrons. The second kappa shape index (κ2) is 3.88. The summed E-state index contributed by atoms with van der Waals surface area (Å²) in [6.07, 6.45) is 0. The Bertz CT molecular complexity index is 577. The van der Waals surface area contributed by atoms with Crippen LogP contribution < -0.4 is 16.8 Å². The van der Waals surface area contributed by atoms with E-state index >= 15 is 0 Å². The summed E-state index contributed by atoms with van der Waals surface area (Å²) in [4.78, 5) is 4.37. The summed E-state index contributed by atoms with van der Waals surface area (Å²) in [5, 5.41) is 8.58. The number of pyridine rings is 1. The molecular weight excluding hydrogens is 204 g/mol. The Kier molecular flexibility index (Phi) is 2.55. The fourth-order valence-corrected chi connectivity index (χ4v) is 1.83. The summed E-state index contributed by atoms with van der Waals surface area (Å²) in [7, 11) is 0. The van der Waals surface area contributed by atoms with E-state index in [1.807, 2.05) is 24.5 Å². The Morgan fingerprint density at radius 3 is 2.81 bits per heavy atom. The van der Waals surface area contributed by atoms with E-state index < -0.39 is 0 Å². The van der Waals surface area contributed by atoms with Crippen molar-refractivity contribution in [2.24, 2.45) is 4.99 Å². The van der Waals surface area contributed by atoms with Gasteiger partial charge in [-0.3, -0.25) is 10.1 Å². The second-order valence-corrected chi connectivity index (χ2v) is 3.51. The smallest absolute Gasteiger partial charge is 0.167 e. The van der Waals surface area contributed by atoms with E-state index in [1.165, 1.54) is 0 Å². The predicted octanol–water partition coefficient (Wildman–Crippen LogP) is 0.469. The van der Waals surface area contributed by atoms with Gasteiger partial charge in [0.2, 0.25) is 0 Å². The Morgan fingerprint density at radius 1 is 1.44 bits per heavy atom. The molecule has 16 heavy (non-hydrogen) atoms. The molecule has 0 radical (unpaired) electrons. The van der Waals surface area contributed by atoms with Crippen LogP contribution in [-0.4, -0.2) is 21.3 Å². The number of aryl methyl sites for hydroxylation is 1. The maximum Gasteiger partial charge on any atom is 0.167 e. The number of nitrogen functional groups attached to an aromatic ring is 2. The largest absolute Gasteiger partial charge is 0.385 e. The monoisotopic (exact) mass is 220 g/mol. The van der Waals surface area contributed by atoms with Crippen molar-refractivity contribution in [3.05, 3.63) is 11.4 Å². The SMILES string of the molecule is CCN=c1cc(N)n(CC)c2n[nH]c(N)c12. The third-order valence-corrected chi connectivity index (χ3v) is 2.53. The number of nitrogens with one attached hydrogen (secondary N) is 1. The van der Waals surface area contributed by atoms with Gasteiger partial charge in [0, 0.05) is 19.2 Å². The van der Waals surface area contributed by atoms with Crippen molar-refractivity contribution >= 4 is 22.7 Å². The predicted molar refractivity (Wildman–Crippen MR) is 64.7 cm³/mol. The zero-order valence-corrected chi connectivity index (χ0v) is 9.49. The second-order valence-electron chi connectivity index (χ2n) is 3.51. The van der Waals surface area contributed by atoms with Crippen molar-refractivity contribution in [3.8, 4) is 0 Å². The van der Waals surface area contributed by atoms with Gasteiger partial charge >= 0.3 is 0 Å². The lowest BCUT2D eigenvalue weighted by Gasteiger charge is -2.08. The molecule has 0 aliphatic carbocycles. The number of aromatic amines is 1. The molecule has 2 aromatic rings. The molecule has 0 saturated carbocycles. The molecule has 0 aliphatic heterocycles. The molecule has 0 saturated heterocycles. The minimum atomic E-state index is 0.532. The number of rotatable bonds is 2. The number of anilines is 2. The van der Waals surface area contributed by atoms with Crippen molar-refractivity contribution in [1.82, 2.24) is 14.8 Å². The average Bonchev–Trinajstić information content (AvgIpc) is 2.62. The third kappa shape index (κ3) is 1.42. The summed E-state index contributed by atoms with van der Waals surface area (Å²) < 4.78 is 1.90. The molecule has 5 N–H and O–H groups in total. The molecule has 2 aromatic heterocycles. The molecule has 0 bridgehead atoms. The van der Waals surface area contributed by atoms with Crippen LogP contribution in [0.25, 0.3) is 11.0 Å². The van der Waals surface area contributed by atoms with Crippen LogP contribution in [0.3, 0.4) is 0 Å². The highest BCUT2D eigenvalue weighted by molar-refractivity contribution is 5.87. The van der Waals surface area contributed by atoms with E-state index in [4.69, 9.17) is 11.5 Å². The topological polar surface area (TPSA) is 98.0 Å². The summed E-state index contributed by atoms with van der Waals surface area (Å²) in [6.45, 7) is 5.42. The first-order chi connectivity index (χ1) is 7.69. The minimum absolute atomic E-state index is 0.532. The van der Waals surface area contributed by atoms with Gasteiger partial charge in [0.25, 0.3) is 0 Å². The number of nitrogens with two attached hydrogens (primary N) is 2. The first kappa shape index (κ1) is 10.5. The summed E-state index contributed by atoms with van der Waals surface area (Å²) in [5.74, 6) is 1.18. The zero-order valence-electron chi connectivity index (χ0n) is 9.49. The molecule has 2 rings (SSSR count). The molecule has 0 amide bonds. The molecule has 0 atom stereocenters. The highest BCUT2D eigenvalue weighted by Gasteiger charge is 2.10. The Labute approximate surface area is 93.0 Å². The summed E-state index contributed by atoms with van der Waals surface area (Å²) in [5.41, 5.74) is 12.6. The van der Waals surface area contributed by atoms with Gasteiger partial charge in [0.05, 0.1) is 10.7 Å². The van der Waals surface area contributed by atoms with Gasteiger partial charge in [-0.15, -0.1) is 0 Å². The molecule has 2 heterocycles. The van der Waals surface area contributed by atoms with Gasteiger partial charge in [-0.25, -0.2) is 0 Å². The Balaban J connectivity index is 2.94. The van der Waals surface area contributed by atoms with E-state index in [9.17, 15) is 0 Å². The van der Waals surface area contributed by atoms with E-state index in [2.05, 4.69) is 15.2 Å². The molecule has 6 nitrogen and oxygen atoms in total. The van der Waals surface area contributed by atoms with E-state index in [-0.39, 0.29) is 0 Å². The van der Waals surface area contributed by atoms with Crippen molar-refractivity contribution in [2.75, 3.05) is 18.0 Å². The number of H-pyrrole nitrogens is 1. The van der Waals surface area contributed by atoms with Crippen LogP contribution in [0.15, 0.2) is 11.1 Å². The molecule has 0 fully saturated rings. The van der Waals surface area contributed by atoms with Gasteiger partial charge in [0.15, 0.2) is 5.65 Å². The van der Waals surface area contributed by atoms with Gasteiger partial charge in [-0.1, -0.05) is 0 Å². The molecule has 0 unspecified atom stereocenters. The van der Waals surface area contributed by atoms with Crippen LogP contribution in [0.5, 0.6) is 0 Å². The van der Waals surface area contributed by atoms with Crippen LogP contribution in [0, 0.1) is 0 Å². The van der Waals surface area contributed by atoms with Crippen LogP contribution in [0.4, 0.5) is 11.6 Å². The number of nitrogens with zero attached hydrogens (tertiary/aromatic N) is 3. The van der Waals surface area contributed by atoms with E-state index in [1.54, 1.807) is 0 Å². The van der Waals surface area contributed by atoms with Gasteiger partial charge in [-0.2, -0.15) is 5.10 Å². The maximum atomic E-state index is 5.95. The molecule has 0 spiro atoms. The van der Waals surface area contributed by atoms with Crippen molar-refractivity contribution < 1.29 is 0 Å². The zero-order chi connectivity index (χ0) is 11.7. The maximum absolute atomic E-state index is 5.95. The molecule has 0 aliphatic rings. The molecular formula is C10H16N6. The minimum Gasteiger partial charge on any atom is -0.385 e. The van der Waals surface area contributed by atoms with Crippen LogP contribution in [-0.2, 0) is 6.54 Å². The highest BCUT2D eigenvalue weighted by atomic mass is 15.2. The van der Waals surface area contributed by atoms with Crippen LogP contribution in [0.2, 0.25) is 0 Å². The number of hydrogen-bond donors (Lipinski definition) is 3. The first-order valence-corrected chi connectivity index (χ1v) is 5.32. The van der Waals surface area contributed by atoms with Crippen molar-refractivity contribution in [1.29, 1.82) is 0 Å². The van der Waals surface area contributed by atoms with E-state index in [0.717, 1.165) is 22.9 Å². The van der Waals surface area contributed by atoms with E-state index in [0.29, 0.717) is 18.2 Å². The molecule has 0 aromatic carbocycles. The average molecular weight is 220 g/mol. The van der Waals surface area contributed by atoms with Crippen LogP contribution >= 0.6 is 0 Å². The molecule has 6 heteroatoms. The highest BCUT2D eigenvalue weighted by Crippen LogP contribution is 2.16. The lowest BCUT2D eigenvalue weighted by Crippen LogP contribution is -2.14. The van der Waals surface area contributed by atoms with Gasteiger partial charge in [-0.05, 0) is 13.8 Å². The fourth-order valence-electron chi connectivity index (χ4n) is 1.83. The number of hydrogen-bond acceptors (Lipinski definition) is 4. The van der Waals surface area contributed by atoms with Gasteiger partial charge < -0.3 is 16.0 Å². The lowest BCUT2D eigenvalue weighted by molar-refractivity contribution is 0.784. The number of aromatic nitrogens is 3. The quantitative estimate of drug-likeness (QED) is 0.686. The van der Waals surface area contributed by atoms with Crippen LogP contribution in [0.1, 0.15) is 13.8 Å². The standard InChI is InChI=1S/C10H16N6/c1-3-13-6-5-7(11)16(4-2)10-8(6)9(12)14-15-10/h5H,3-4,11H2,1-2H3,(H3,12,14,15). The fraction of sp³-hybridized carbons (Fsp3) is 0.400. The van der Waals surface area contributed by atoms with Crippen molar-refractivity contribution in [3.63, 3.8) is 0 Å². The third-order valence-electron chi connectivity index (χ3n) is 2.53. The Hall–Kier alpha value is -1.98. The van der Waals surface area contributed by atoms with Crippen molar-refractivity contribution in [2.45, 2.75) is 20.4 Å².